The molecular weight excluding hydrogens is 508 g/mol. The van der Waals surface area contributed by atoms with Crippen molar-refractivity contribution in [1.29, 1.82) is 0 Å². The predicted molar refractivity (Wildman–Crippen MR) is 147 cm³/mol. The summed E-state index contributed by atoms with van der Waals surface area (Å²) >= 11 is 0. The van der Waals surface area contributed by atoms with E-state index in [1.165, 1.54) is 36.4 Å². The zero-order chi connectivity index (χ0) is 29.1. The topological polar surface area (TPSA) is 133 Å². The number of rotatable bonds is 6. The van der Waals surface area contributed by atoms with Crippen molar-refractivity contribution in [1.82, 2.24) is 0 Å². The van der Waals surface area contributed by atoms with Crippen molar-refractivity contribution in [2.75, 3.05) is 10.6 Å². The lowest BCUT2D eigenvalue weighted by atomic mass is 9.52. The first-order valence-electron chi connectivity index (χ1n) is 12.0. The van der Waals surface area contributed by atoms with E-state index in [9.17, 15) is 29.4 Å². The molecule has 6 atom stereocenters. The van der Waals surface area contributed by atoms with Crippen molar-refractivity contribution in [2.24, 2.45) is 35.5 Å². The highest BCUT2D eigenvalue weighted by Gasteiger charge is 2.60. The van der Waals surface area contributed by atoms with Crippen LogP contribution in [-0.2, 0) is 19.2 Å². The molecule has 2 aromatic carbocycles. The zero-order valence-electron chi connectivity index (χ0n) is 20.9. The fraction of sp³-hybridized carbons (Fsp3) is 0.188. The fourth-order valence-electron chi connectivity index (χ4n) is 5.64. The van der Waals surface area contributed by atoms with Crippen molar-refractivity contribution in [3.63, 3.8) is 0 Å². The Kier molecular flexibility index (Phi) is 7.49. The van der Waals surface area contributed by atoms with Gasteiger partial charge in [0.05, 0.1) is 23.7 Å². The average Bonchev–Trinajstić information content (AvgIpc) is 2.95. The van der Waals surface area contributed by atoms with Gasteiger partial charge < -0.3 is 20.8 Å². The Balaban J connectivity index is 1.69. The molecule has 0 aromatic heterocycles. The Labute approximate surface area is 230 Å². The summed E-state index contributed by atoms with van der Waals surface area (Å²) in [5.41, 5.74) is 2.06. The largest absolute Gasteiger partial charge is 0.481 e. The molecule has 196 valence electrons. The van der Waals surface area contributed by atoms with Crippen LogP contribution >= 0.6 is 0 Å². The first-order valence-corrected chi connectivity index (χ1v) is 12.0. The van der Waals surface area contributed by atoms with E-state index in [1.54, 1.807) is 12.1 Å². The maximum Gasteiger partial charge on any atom is 0.307 e. The summed E-state index contributed by atoms with van der Waals surface area (Å²) < 4.78 is 0. The number of carbonyl (C=O) groups excluding carboxylic acids is 2. The van der Waals surface area contributed by atoms with Gasteiger partial charge in [-0.3, -0.25) is 19.2 Å². The van der Waals surface area contributed by atoms with Crippen LogP contribution < -0.4 is 10.6 Å². The van der Waals surface area contributed by atoms with E-state index in [-0.39, 0.29) is 11.4 Å². The van der Waals surface area contributed by atoms with Crippen LogP contribution in [0.5, 0.6) is 0 Å². The number of allylic oxidation sites excluding steroid dienone is 2. The molecule has 0 radical (unpaired) electrons. The summed E-state index contributed by atoms with van der Waals surface area (Å²) in [5.74, 6) is -1.98. The molecule has 1 fully saturated rings. The number of amides is 2. The summed E-state index contributed by atoms with van der Waals surface area (Å²) in [5, 5.41) is 25.6. The van der Waals surface area contributed by atoms with Gasteiger partial charge in [-0.05, 0) is 36.4 Å². The highest BCUT2D eigenvalue weighted by molar-refractivity contribution is 6.00. The number of hydrogen-bond donors (Lipinski definition) is 4. The molecule has 3 aliphatic rings. The minimum Gasteiger partial charge on any atom is -0.481 e. The van der Waals surface area contributed by atoms with Gasteiger partial charge in [0, 0.05) is 45.5 Å². The first kappa shape index (κ1) is 27.3. The van der Waals surface area contributed by atoms with E-state index in [1.807, 2.05) is 0 Å². The van der Waals surface area contributed by atoms with Gasteiger partial charge in [0.15, 0.2) is 0 Å². The van der Waals surface area contributed by atoms with Crippen molar-refractivity contribution in [2.45, 2.75) is 0 Å². The number of carboxylic acids is 2. The lowest BCUT2D eigenvalue weighted by Gasteiger charge is -2.49. The van der Waals surface area contributed by atoms with E-state index < -0.39 is 59.3 Å². The molecule has 0 aliphatic heterocycles. The quantitative estimate of drug-likeness (QED) is 0.335. The van der Waals surface area contributed by atoms with Gasteiger partial charge in [-0.25, -0.2) is 0 Å². The molecule has 8 nitrogen and oxygen atoms in total. The maximum absolute atomic E-state index is 13.5. The third-order valence-corrected chi connectivity index (χ3v) is 7.23. The Hall–Kier alpha value is -5.70. The minimum atomic E-state index is -1.39. The molecule has 0 heterocycles. The summed E-state index contributed by atoms with van der Waals surface area (Å²) in [6, 6.07) is 9.10. The number of carbonyl (C=O) groups is 4. The highest BCUT2D eigenvalue weighted by atomic mass is 16.4. The van der Waals surface area contributed by atoms with Crippen LogP contribution in [0, 0.1) is 84.9 Å². The number of aliphatic carboxylic acids is 2. The van der Waals surface area contributed by atoms with Crippen LogP contribution in [0.3, 0.4) is 0 Å². The second kappa shape index (κ2) is 11.0. The van der Waals surface area contributed by atoms with Crippen molar-refractivity contribution in [3.8, 4) is 49.4 Å². The van der Waals surface area contributed by atoms with Gasteiger partial charge >= 0.3 is 11.9 Å². The molecule has 1 saturated carbocycles. The molecule has 40 heavy (non-hydrogen) atoms. The normalized spacial score (nSPS) is 23.9. The molecule has 8 heteroatoms. The number of fused-ring (bicyclic) bond motifs is 2. The van der Waals surface area contributed by atoms with Crippen LogP contribution in [0.2, 0.25) is 0 Å². The van der Waals surface area contributed by atoms with Gasteiger partial charge in [-0.2, -0.15) is 0 Å². The van der Waals surface area contributed by atoms with Gasteiger partial charge in [-0.15, -0.1) is 25.7 Å². The third kappa shape index (κ3) is 5.03. The maximum atomic E-state index is 13.5. The third-order valence-electron chi connectivity index (χ3n) is 7.23. The van der Waals surface area contributed by atoms with E-state index in [0.29, 0.717) is 22.3 Å². The summed E-state index contributed by atoms with van der Waals surface area (Å²) in [7, 11) is 0. The number of benzene rings is 2. The lowest BCUT2D eigenvalue weighted by Crippen LogP contribution is -2.59. The number of hydrogen-bond acceptors (Lipinski definition) is 4. The number of terminal acetylenes is 4. The summed E-state index contributed by atoms with van der Waals surface area (Å²) in [6.45, 7) is 0. The Morgan fingerprint density at radius 1 is 0.550 bits per heavy atom. The fourth-order valence-corrected chi connectivity index (χ4v) is 5.64. The molecule has 5 rings (SSSR count). The minimum absolute atomic E-state index is 0.238. The van der Waals surface area contributed by atoms with Crippen LogP contribution in [-0.4, -0.2) is 34.0 Å². The Morgan fingerprint density at radius 3 is 1.10 bits per heavy atom. The molecule has 4 N–H and O–H groups in total. The molecule has 2 amide bonds. The molecule has 2 aromatic rings. The molecular formula is C32H22N2O6. The van der Waals surface area contributed by atoms with E-state index in [2.05, 4.69) is 34.3 Å². The first-order chi connectivity index (χ1) is 19.1. The lowest BCUT2D eigenvalue weighted by molar-refractivity contribution is -0.166. The van der Waals surface area contributed by atoms with Gasteiger partial charge in [0.25, 0.3) is 0 Å². The van der Waals surface area contributed by atoms with Gasteiger partial charge in [-0.1, -0.05) is 35.8 Å². The second-order valence-electron chi connectivity index (χ2n) is 9.47. The van der Waals surface area contributed by atoms with Crippen LogP contribution in [0.25, 0.3) is 0 Å². The molecule has 6 unspecified atom stereocenters. The zero-order valence-corrected chi connectivity index (χ0v) is 20.9. The van der Waals surface area contributed by atoms with Gasteiger partial charge in [0.2, 0.25) is 11.8 Å². The van der Waals surface area contributed by atoms with Crippen LogP contribution in [0.1, 0.15) is 22.3 Å². The number of anilines is 2. The Morgan fingerprint density at radius 2 is 0.850 bits per heavy atom. The van der Waals surface area contributed by atoms with Crippen LogP contribution in [0.4, 0.5) is 11.4 Å². The number of carboxylic acid groups (broad SMARTS) is 2. The monoisotopic (exact) mass is 530 g/mol. The summed E-state index contributed by atoms with van der Waals surface area (Å²) in [4.78, 5) is 52.0. The van der Waals surface area contributed by atoms with E-state index in [0.717, 1.165) is 0 Å². The molecule has 3 aliphatic carbocycles. The Bertz CT molecular complexity index is 1460. The molecule has 0 saturated heterocycles. The summed E-state index contributed by atoms with van der Waals surface area (Å²) in [6.07, 6.45) is 24.9. The van der Waals surface area contributed by atoms with Gasteiger partial charge in [0.1, 0.15) is 0 Å². The van der Waals surface area contributed by atoms with Crippen molar-refractivity contribution in [3.05, 3.63) is 70.8 Å². The SMILES string of the molecule is C#Cc1cc(C#C)cc(NC(=O)C2C3C=CC(C2C(=O)O)C(C(=O)Nc2cc(C#C)cc(C#C)c2)C3C(=O)O)c1. The van der Waals surface area contributed by atoms with Crippen LogP contribution in [0.15, 0.2) is 48.6 Å². The molecule has 2 bridgehead atoms. The van der Waals surface area contributed by atoms with Crippen molar-refractivity contribution >= 4 is 35.1 Å². The second-order valence-corrected chi connectivity index (χ2v) is 9.47. The number of nitrogens with one attached hydrogen (secondary N) is 2. The standard InChI is InChI=1S/C32H22N2O6/c1-5-17-11-18(6-2)14-21(13-17)33-29(35)25-23-9-10-24(27(25)31(37)38)26(28(23)32(39)40)30(36)34-22-15-19(7-3)12-20(8-4)16-22/h1-4,9-16,23-28H,(H,33,35)(H,34,36)(H,37,38)(H,39,40). The highest BCUT2D eigenvalue weighted by Crippen LogP contribution is 2.52. The molecule has 0 spiro atoms. The predicted octanol–water partition coefficient (Wildman–Crippen LogP) is 2.64. The van der Waals surface area contributed by atoms with E-state index >= 15 is 0 Å². The average molecular weight is 531 g/mol. The van der Waals surface area contributed by atoms with Crippen molar-refractivity contribution < 1.29 is 29.4 Å². The van der Waals surface area contributed by atoms with E-state index in [4.69, 9.17) is 25.7 Å². The smallest absolute Gasteiger partial charge is 0.307 e.